The monoisotopic (exact) mass is 549 g/mol. The highest BCUT2D eigenvalue weighted by molar-refractivity contribution is 6.25. The van der Waals surface area contributed by atoms with Gasteiger partial charge in [0.2, 0.25) is 0 Å². The molecule has 1 nitrogen and oxygen atoms in total. The van der Waals surface area contributed by atoms with Crippen molar-refractivity contribution >= 4 is 49.3 Å². The van der Waals surface area contributed by atoms with Gasteiger partial charge in [-0.3, -0.25) is 0 Å². The van der Waals surface area contributed by atoms with Gasteiger partial charge in [0.1, 0.15) is 0 Å². The van der Waals surface area contributed by atoms with Crippen LogP contribution in [0.1, 0.15) is 18.2 Å². The maximum atomic E-state index is 2.37. The van der Waals surface area contributed by atoms with Crippen molar-refractivity contribution in [2.75, 3.05) is 0 Å². The molecule has 0 aliphatic heterocycles. The Kier molecular flexibility index (Phi) is 5.98. The van der Waals surface area contributed by atoms with E-state index in [0.29, 0.717) is 0 Å². The highest BCUT2D eigenvalue weighted by atomic mass is 15.0. The molecule has 0 fully saturated rings. The average molecular weight is 550 g/mol. The molecule has 0 saturated carbocycles. The molecular formula is C42H31N. The van der Waals surface area contributed by atoms with E-state index in [1.165, 1.54) is 82.4 Å². The van der Waals surface area contributed by atoms with E-state index in [1.807, 2.05) is 0 Å². The Bertz CT molecular complexity index is 2300. The van der Waals surface area contributed by atoms with Crippen LogP contribution in [0.4, 0.5) is 0 Å². The summed E-state index contributed by atoms with van der Waals surface area (Å²) in [7, 11) is 0. The molecule has 0 unspecified atom stereocenters. The number of hydrogen-bond acceptors (Lipinski definition) is 0. The number of fused-ring (bicyclic) bond motifs is 7. The zero-order valence-electron chi connectivity index (χ0n) is 24.4. The number of nitrogens with zero attached hydrogens (tertiary/aromatic N) is 1. The lowest BCUT2D eigenvalue weighted by Crippen LogP contribution is -1.97. The molecule has 0 N–H and O–H groups in total. The molecule has 7 aromatic carbocycles. The van der Waals surface area contributed by atoms with Crippen molar-refractivity contribution in [3.63, 3.8) is 0 Å². The standard InChI is InChI=1S/C42H31N/c1-3-10-41-28(2)34-11-8-9-16-42(34)43(41)33-24-21-30(22-25-33)29-17-19-31(20-18-29)32-23-26-39-37-14-5-4-12-35(37)36-13-6-7-15-38(36)40(39)27-32/h3-27H,1-2H3/b10-3-. The van der Waals surface area contributed by atoms with Crippen molar-refractivity contribution in [2.45, 2.75) is 13.8 Å². The molecule has 0 saturated heterocycles. The highest BCUT2D eigenvalue weighted by Gasteiger charge is 2.14. The smallest absolute Gasteiger partial charge is 0.0537 e. The third kappa shape index (κ3) is 4.08. The van der Waals surface area contributed by atoms with Crippen molar-refractivity contribution in [2.24, 2.45) is 0 Å². The first-order valence-corrected chi connectivity index (χ1v) is 15.0. The minimum Gasteiger partial charge on any atom is -0.310 e. The van der Waals surface area contributed by atoms with E-state index >= 15 is 0 Å². The number of aromatic nitrogens is 1. The SMILES string of the molecule is C/C=C\c1c(C)c2ccccc2n1-c1ccc(-c2ccc(-c3ccc4c5ccccc5c5ccccc5c4c3)cc2)cc1. The molecule has 1 heteroatoms. The third-order valence-electron chi connectivity index (χ3n) is 8.92. The minimum absolute atomic E-state index is 1.17. The predicted molar refractivity (Wildman–Crippen MR) is 186 cm³/mol. The van der Waals surface area contributed by atoms with E-state index < -0.39 is 0 Å². The van der Waals surface area contributed by atoms with Crippen LogP contribution in [-0.4, -0.2) is 4.57 Å². The predicted octanol–water partition coefficient (Wildman–Crippen LogP) is 11.8. The molecule has 0 amide bonds. The lowest BCUT2D eigenvalue weighted by Gasteiger charge is -2.13. The second-order valence-electron chi connectivity index (χ2n) is 11.3. The van der Waals surface area contributed by atoms with Gasteiger partial charge in [0, 0.05) is 16.8 Å². The van der Waals surface area contributed by atoms with Gasteiger partial charge in [-0.05, 0) is 104 Å². The maximum Gasteiger partial charge on any atom is 0.0537 e. The van der Waals surface area contributed by atoms with Gasteiger partial charge >= 0.3 is 0 Å². The molecule has 0 aliphatic carbocycles. The zero-order valence-corrected chi connectivity index (χ0v) is 24.4. The second-order valence-corrected chi connectivity index (χ2v) is 11.3. The van der Waals surface area contributed by atoms with Crippen molar-refractivity contribution < 1.29 is 0 Å². The molecule has 8 aromatic rings. The van der Waals surface area contributed by atoms with Gasteiger partial charge in [0.15, 0.2) is 0 Å². The molecule has 8 rings (SSSR count). The van der Waals surface area contributed by atoms with Crippen LogP contribution < -0.4 is 0 Å². The summed E-state index contributed by atoms with van der Waals surface area (Å²) in [5.74, 6) is 0. The van der Waals surface area contributed by atoms with E-state index in [4.69, 9.17) is 0 Å². The quantitative estimate of drug-likeness (QED) is 0.192. The minimum atomic E-state index is 1.17. The van der Waals surface area contributed by atoms with Crippen molar-refractivity contribution in [1.82, 2.24) is 4.57 Å². The molecule has 0 atom stereocenters. The summed E-state index contributed by atoms with van der Waals surface area (Å²) in [6, 6.07) is 51.0. The fourth-order valence-corrected chi connectivity index (χ4v) is 6.80. The van der Waals surface area contributed by atoms with E-state index in [1.54, 1.807) is 0 Å². The molecule has 0 aliphatic rings. The Hall–Kier alpha value is -5.40. The fraction of sp³-hybridized carbons (Fsp3) is 0.0476. The summed E-state index contributed by atoms with van der Waals surface area (Å²) >= 11 is 0. The van der Waals surface area contributed by atoms with Crippen LogP contribution in [0.25, 0.3) is 77.2 Å². The summed E-state index contributed by atoms with van der Waals surface area (Å²) in [5, 5.41) is 9.13. The van der Waals surface area contributed by atoms with Crippen molar-refractivity contribution in [3.05, 3.63) is 157 Å². The van der Waals surface area contributed by atoms with Crippen LogP contribution in [0.2, 0.25) is 0 Å². The lowest BCUT2D eigenvalue weighted by atomic mass is 9.92. The van der Waals surface area contributed by atoms with E-state index in [9.17, 15) is 0 Å². The Morgan fingerprint density at radius 2 is 0.884 bits per heavy atom. The van der Waals surface area contributed by atoms with Crippen LogP contribution in [-0.2, 0) is 0 Å². The summed E-state index contributed by atoms with van der Waals surface area (Å²) in [5.41, 5.74) is 9.85. The fourth-order valence-electron chi connectivity index (χ4n) is 6.80. The molecule has 0 bridgehead atoms. The van der Waals surface area contributed by atoms with Gasteiger partial charge in [-0.1, -0.05) is 121 Å². The molecule has 0 spiro atoms. The number of benzene rings is 7. The van der Waals surface area contributed by atoms with Gasteiger partial charge in [-0.25, -0.2) is 0 Å². The molecular weight excluding hydrogens is 518 g/mol. The zero-order chi connectivity index (χ0) is 28.9. The first-order chi connectivity index (χ1) is 21.2. The number of aryl methyl sites for hydroxylation is 1. The van der Waals surface area contributed by atoms with Gasteiger partial charge in [-0.15, -0.1) is 0 Å². The topological polar surface area (TPSA) is 4.93 Å². The summed E-state index contributed by atoms with van der Waals surface area (Å²) < 4.78 is 2.37. The molecule has 0 radical (unpaired) electrons. The summed E-state index contributed by atoms with van der Waals surface area (Å²) in [4.78, 5) is 0. The first-order valence-electron chi connectivity index (χ1n) is 15.0. The Balaban J connectivity index is 1.16. The van der Waals surface area contributed by atoms with Gasteiger partial charge < -0.3 is 4.57 Å². The van der Waals surface area contributed by atoms with Crippen LogP contribution in [0.3, 0.4) is 0 Å². The van der Waals surface area contributed by atoms with Crippen LogP contribution in [0.5, 0.6) is 0 Å². The number of rotatable bonds is 4. The molecule has 43 heavy (non-hydrogen) atoms. The van der Waals surface area contributed by atoms with Gasteiger partial charge in [-0.2, -0.15) is 0 Å². The molecule has 1 aromatic heterocycles. The third-order valence-corrected chi connectivity index (χ3v) is 8.92. The van der Waals surface area contributed by atoms with Crippen molar-refractivity contribution in [1.29, 1.82) is 0 Å². The summed E-state index contributed by atoms with van der Waals surface area (Å²) in [6.45, 7) is 4.29. The molecule has 204 valence electrons. The summed E-state index contributed by atoms with van der Waals surface area (Å²) in [6.07, 6.45) is 4.33. The Morgan fingerprint density at radius 1 is 0.442 bits per heavy atom. The van der Waals surface area contributed by atoms with E-state index in [-0.39, 0.29) is 0 Å². The van der Waals surface area contributed by atoms with Crippen molar-refractivity contribution in [3.8, 4) is 27.9 Å². The van der Waals surface area contributed by atoms with Crippen LogP contribution >= 0.6 is 0 Å². The highest BCUT2D eigenvalue weighted by Crippen LogP contribution is 2.37. The van der Waals surface area contributed by atoms with Crippen LogP contribution in [0.15, 0.2) is 146 Å². The van der Waals surface area contributed by atoms with Gasteiger partial charge in [0.05, 0.1) is 5.52 Å². The first kappa shape index (κ1) is 25.3. The van der Waals surface area contributed by atoms with Gasteiger partial charge in [0.25, 0.3) is 0 Å². The number of hydrogen-bond donors (Lipinski definition) is 0. The Morgan fingerprint density at radius 3 is 1.47 bits per heavy atom. The largest absolute Gasteiger partial charge is 0.310 e. The van der Waals surface area contributed by atoms with E-state index in [2.05, 4.69) is 170 Å². The maximum absolute atomic E-state index is 2.37. The number of allylic oxidation sites excluding steroid dienone is 1. The number of para-hydroxylation sites is 1. The second kappa shape index (κ2) is 10.2. The Labute approximate surface area is 252 Å². The normalized spacial score (nSPS) is 11.9. The molecule has 1 heterocycles. The average Bonchev–Trinajstić information content (AvgIpc) is 3.36. The van der Waals surface area contributed by atoms with E-state index in [0.717, 1.165) is 0 Å². The lowest BCUT2D eigenvalue weighted by molar-refractivity contribution is 1.10. The van der Waals surface area contributed by atoms with Crippen LogP contribution in [0, 0.1) is 6.92 Å².